The summed E-state index contributed by atoms with van der Waals surface area (Å²) in [5.74, 6) is 0.947. The van der Waals surface area contributed by atoms with Crippen molar-refractivity contribution in [2.75, 3.05) is 26.2 Å². The molecule has 2 rings (SSSR count). The summed E-state index contributed by atoms with van der Waals surface area (Å²) in [6.07, 6.45) is 7.51. The number of hydrogen-bond acceptors (Lipinski definition) is 2. The Balaban J connectivity index is 0.00000338. The zero-order valence-electron chi connectivity index (χ0n) is 15.9. The molecular formula is C20H32ClIN4. The summed E-state index contributed by atoms with van der Waals surface area (Å²) >= 11 is 5.96. The predicted octanol–water partition coefficient (Wildman–Crippen LogP) is 4.44. The van der Waals surface area contributed by atoms with Gasteiger partial charge in [-0.1, -0.05) is 35.9 Å². The smallest absolute Gasteiger partial charge is 0.191 e. The number of hydrogen-bond donors (Lipinski definition) is 2. The first-order chi connectivity index (χ1) is 12.2. The molecule has 0 atom stereocenters. The highest BCUT2D eigenvalue weighted by molar-refractivity contribution is 14.0. The van der Waals surface area contributed by atoms with Crippen LogP contribution in [0.2, 0.25) is 5.02 Å². The summed E-state index contributed by atoms with van der Waals surface area (Å²) in [5.41, 5.74) is 1.33. The first kappa shape index (κ1) is 23.2. The molecule has 0 aromatic heterocycles. The molecule has 1 aromatic carbocycles. The highest BCUT2D eigenvalue weighted by Gasteiger charge is 2.19. The third kappa shape index (κ3) is 8.73. The highest BCUT2D eigenvalue weighted by Crippen LogP contribution is 2.15. The van der Waals surface area contributed by atoms with E-state index in [4.69, 9.17) is 11.6 Å². The molecule has 6 heteroatoms. The summed E-state index contributed by atoms with van der Waals surface area (Å²) < 4.78 is 0. The van der Waals surface area contributed by atoms with Crippen LogP contribution in [0.5, 0.6) is 0 Å². The van der Waals surface area contributed by atoms with Gasteiger partial charge in [-0.25, -0.2) is 0 Å². The number of nitrogens with zero attached hydrogens (tertiary/aromatic N) is 2. The van der Waals surface area contributed by atoms with Crippen LogP contribution in [0.25, 0.3) is 0 Å². The van der Waals surface area contributed by atoms with Crippen LogP contribution in [0.15, 0.2) is 41.4 Å². The number of benzene rings is 1. The molecule has 4 nitrogen and oxygen atoms in total. The van der Waals surface area contributed by atoms with Gasteiger partial charge >= 0.3 is 0 Å². The molecule has 1 fully saturated rings. The molecule has 0 unspecified atom stereocenters. The molecule has 1 heterocycles. The molecule has 0 aliphatic carbocycles. The first-order valence-corrected chi connectivity index (χ1v) is 9.72. The van der Waals surface area contributed by atoms with Crippen molar-refractivity contribution in [1.29, 1.82) is 0 Å². The quantitative estimate of drug-likeness (QED) is 0.195. The lowest BCUT2D eigenvalue weighted by Gasteiger charge is -2.33. The molecule has 0 amide bonds. The minimum Gasteiger partial charge on any atom is -0.357 e. The Morgan fingerprint density at radius 2 is 1.96 bits per heavy atom. The Labute approximate surface area is 180 Å². The predicted molar refractivity (Wildman–Crippen MR) is 124 cm³/mol. The molecule has 0 spiro atoms. The molecule has 0 saturated carbocycles. The van der Waals surface area contributed by atoms with Crippen LogP contribution in [0.4, 0.5) is 0 Å². The molecule has 146 valence electrons. The Hall–Kier alpha value is -0.790. The van der Waals surface area contributed by atoms with Crippen LogP contribution in [-0.4, -0.2) is 43.1 Å². The van der Waals surface area contributed by atoms with Crippen molar-refractivity contribution in [3.05, 3.63) is 47.0 Å². The number of aliphatic imine (C=N–C) groups is 1. The van der Waals surface area contributed by atoms with E-state index < -0.39 is 0 Å². The molecule has 1 aliphatic heterocycles. The lowest BCUT2D eigenvalue weighted by molar-refractivity contribution is 0.198. The van der Waals surface area contributed by atoms with E-state index in [2.05, 4.69) is 51.7 Å². The van der Waals surface area contributed by atoms with Gasteiger partial charge in [0.1, 0.15) is 0 Å². The fraction of sp³-hybridized carbons (Fsp3) is 0.550. The van der Waals surface area contributed by atoms with Crippen molar-refractivity contribution < 1.29 is 0 Å². The average Bonchev–Trinajstić information content (AvgIpc) is 2.62. The number of halogens is 2. The summed E-state index contributed by atoms with van der Waals surface area (Å²) in [7, 11) is 0. The molecule has 1 aromatic rings. The number of guanidine groups is 1. The van der Waals surface area contributed by atoms with E-state index in [1.807, 2.05) is 19.1 Å². The lowest BCUT2D eigenvalue weighted by atomic mass is 10.0. The SMILES string of the molecule is C/C=C/CCN=C(NCC)NC1CCN(Cc2ccc(Cl)cc2)CC1.I. The zero-order chi connectivity index (χ0) is 17.9. The maximum atomic E-state index is 5.96. The zero-order valence-corrected chi connectivity index (χ0v) is 19.0. The van der Waals surface area contributed by atoms with Crippen molar-refractivity contribution in [3.63, 3.8) is 0 Å². The van der Waals surface area contributed by atoms with E-state index >= 15 is 0 Å². The normalized spacial score (nSPS) is 16.5. The van der Waals surface area contributed by atoms with E-state index in [9.17, 15) is 0 Å². The summed E-state index contributed by atoms with van der Waals surface area (Å²) in [6, 6.07) is 8.68. The average molecular weight is 491 g/mol. The fourth-order valence-corrected chi connectivity index (χ4v) is 3.14. The highest BCUT2D eigenvalue weighted by atomic mass is 127. The van der Waals surface area contributed by atoms with Gasteiger partial charge in [-0.15, -0.1) is 24.0 Å². The fourth-order valence-electron chi connectivity index (χ4n) is 3.01. The molecular weight excluding hydrogens is 459 g/mol. The van der Waals surface area contributed by atoms with Crippen molar-refractivity contribution in [3.8, 4) is 0 Å². The maximum absolute atomic E-state index is 5.96. The third-order valence-electron chi connectivity index (χ3n) is 4.39. The molecule has 2 N–H and O–H groups in total. The Morgan fingerprint density at radius 1 is 1.27 bits per heavy atom. The van der Waals surface area contributed by atoms with Gasteiger partial charge in [0.15, 0.2) is 5.96 Å². The second-order valence-electron chi connectivity index (χ2n) is 6.44. The topological polar surface area (TPSA) is 39.7 Å². The van der Waals surface area contributed by atoms with E-state index in [0.717, 1.165) is 63.0 Å². The van der Waals surface area contributed by atoms with Crippen molar-refractivity contribution in [1.82, 2.24) is 15.5 Å². The van der Waals surface area contributed by atoms with Crippen LogP contribution >= 0.6 is 35.6 Å². The van der Waals surface area contributed by atoms with Crippen LogP contribution in [-0.2, 0) is 6.54 Å². The second-order valence-corrected chi connectivity index (χ2v) is 6.88. The second kappa shape index (κ2) is 13.4. The monoisotopic (exact) mass is 490 g/mol. The van der Waals surface area contributed by atoms with Gasteiger partial charge in [0.05, 0.1) is 0 Å². The number of rotatable bonds is 7. The Bertz CT molecular complexity index is 551. The van der Waals surface area contributed by atoms with Crippen LogP contribution in [0.3, 0.4) is 0 Å². The van der Waals surface area contributed by atoms with Crippen LogP contribution in [0.1, 0.15) is 38.7 Å². The summed E-state index contributed by atoms with van der Waals surface area (Å²) in [4.78, 5) is 7.17. The molecule has 0 bridgehead atoms. The Morgan fingerprint density at radius 3 is 2.58 bits per heavy atom. The van der Waals surface area contributed by atoms with Gasteiger partial charge in [-0.3, -0.25) is 9.89 Å². The summed E-state index contributed by atoms with van der Waals surface area (Å²) in [6.45, 7) is 9.10. The lowest BCUT2D eigenvalue weighted by Crippen LogP contribution is -2.48. The molecule has 26 heavy (non-hydrogen) atoms. The number of piperidine rings is 1. The summed E-state index contributed by atoms with van der Waals surface area (Å²) in [5, 5.41) is 7.75. The standard InChI is InChI=1S/C20H31ClN4.HI/c1-3-5-6-13-23-20(22-4-2)24-19-11-14-25(15-12-19)16-17-7-9-18(21)10-8-17;/h3,5,7-10,19H,4,6,11-16H2,1-2H3,(H2,22,23,24);1H/b5-3+;. The molecule has 0 radical (unpaired) electrons. The maximum Gasteiger partial charge on any atom is 0.191 e. The minimum absolute atomic E-state index is 0. The van der Waals surface area contributed by atoms with E-state index in [1.54, 1.807) is 0 Å². The largest absolute Gasteiger partial charge is 0.357 e. The van der Waals surface area contributed by atoms with Gasteiger partial charge < -0.3 is 10.6 Å². The van der Waals surface area contributed by atoms with E-state index in [-0.39, 0.29) is 24.0 Å². The van der Waals surface area contributed by atoms with E-state index in [1.165, 1.54) is 5.56 Å². The van der Waals surface area contributed by atoms with Crippen molar-refractivity contribution in [2.24, 2.45) is 4.99 Å². The van der Waals surface area contributed by atoms with Crippen LogP contribution in [0, 0.1) is 0 Å². The van der Waals surface area contributed by atoms with Crippen molar-refractivity contribution >= 4 is 41.5 Å². The van der Waals surface area contributed by atoms with E-state index in [0.29, 0.717) is 6.04 Å². The molecule has 1 saturated heterocycles. The minimum atomic E-state index is 0. The van der Waals surface area contributed by atoms with Gasteiger partial charge in [-0.05, 0) is 50.8 Å². The molecule has 1 aliphatic rings. The van der Waals surface area contributed by atoms with Gasteiger partial charge in [0.25, 0.3) is 0 Å². The van der Waals surface area contributed by atoms with Gasteiger partial charge in [0, 0.05) is 43.8 Å². The van der Waals surface area contributed by atoms with Crippen molar-refractivity contribution in [2.45, 2.75) is 45.7 Å². The third-order valence-corrected chi connectivity index (χ3v) is 4.65. The van der Waals surface area contributed by atoms with Crippen LogP contribution < -0.4 is 10.6 Å². The number of likely N-dealkylation sites (tertiary alicyclic amines) is 1. The first-order valence-electron chi connectivity index (χ1n) is 9.34. The number of nitrogens with one attached hydrogen (secondary N) is 2. The van der Waals surface area contributed by atoms with Gasteiger partial charge in [-0.2, -0.15) is 0 Å². The van der Waals surface area contributed by atoms with Gasteiger partial charge in [0.2, 0.25) is 0 Å². The number of allylic oxidation sites excluding steroid dienone is 1. The Kier molecular flexibility index (Phi) is 12.0.